The van der Waals surface area contributed by atoms with E-state index in [4.69, 9.17) is 4.74 Å². The first-order chi connectivity index (χ1) is 18.3. The number of ether oxygens (including phenoxy) is 1. The van der Waals surface area contributed by atoms with Crippen LogP contribution in [0.4, 0.5) is 15.8 Å². The second-order valence-corrected chi connectivity index (χ2v) is 10.0. The van der Waals surface area contributed by atoms with Crippen molar-refractivity contribution in [3.05, 3.63) is 104 Å². The Morgan fingerprint density at radius 3 is 2.61 bits per heavy atom. The zero-order valence-corrected chi connectivity index (χ0v) is 21.2. The zero-order chi connectivity index (χ0) is 27.0. The maximum atomic E-state index is 15.0. The van der Waals surface area contributed by atoms with Crippen LogP contribution in [0.1, 0.15) is 42.0 Å². The molecule has 0 saturated heterocycles. The van der Waals surface area contributed by atoms with Gasteiger partial charge in [0, 0.05) is 46.5 Å². The maximum absolute atomic E-state index is 15.0. The Kier molecular flexibility index (Phi) is 6.90. The highest BCUT2D eigenvalue weighted by atomic mass is 32.1. The second kappa shape index (κ2) is 10.3. The van der Waals surface area contributed by atoms with Crippen LogP contribution in [0, 0.1) is 21.8 Å². The van der Waals surface area contributed by atoms with Crippen molar-refractivity contribution in [3.8, 4) is 0 Å². The van der Waals surface area contributed by atoms with Gasteiger partial charge in [0.25, 0.3) is 5.69 Å². The van der Waals surface area contributed by atoms with Gasteiger partial charge in [0.05, 0.1) is 17.2 Å². The zero-order valence-electron chi connectivity index (χ0n) is 20.3. The third kappa shape index (κ3) is 4.41. The molecule has 0 fully saturated rings. The predicted octanol–water partition coefficient (Wildman–Crippen LogP) is 5.51. The fourth-order valence-electron chi connectivity index (χ4n) is 5.35. The second-order valence-electron chi connectivity index (χ2n) is 9.07. The molecule has 0 N–H and O–H groups in total. The third-order valence-corrected chi connectivity index (χ3v) is 7.95. The topological polar surface area (TPSA) is 107 Å². The molecule has 8 nitrogen and oxygen atoms in total. The molecule has 0 unspecified atom stereocenters. The van der Waals surface area contributed by atoms with Crippen LogP contribution >= 0.6 is 11.3 Å². The van der Waals surface area contributed by atoms with Crippen LogP contribution < -0.4 is 4.90 Å². The van der Waals surface area contributed by atoms with E-state index in [1.807, 2.05) is 17.5 Å². The minimum Gasteiger partial charge on any atom is -0.465 e. The lowest BCUT2D eigenvalue weighted by atomic mass is 9.69. The van der Waals surface area contributed by atoms with Crippen LogP contribution in [0.5, 0.6) is 0 Å². The summed E-state index contributed by atoms with van der Waals surface area (Å²) in [4.78, 5) is 53.9. The fraction of sp³-hybridized carbons (Fsp3) is 0.250. The number of benzene rings is 2. The number of hydrogen-bond acceptors (Lipinski definition) is 7. The van der Waals surface area contributed by atoms with E-state index in [1.165, 1.54) is 52.6 Å². The van der Waals surface area contributed by atoms with Crippen molar-refractivity contribution in [2.24, 2.45) is 5.92 Å². The summed E-state index contributed by atoms with van der Waals surface area (Å²) < 4.78 is 20.3. The summed E-state index contributed by atoms with van der Waals surface area (Å²) in [7, 11) is 0. The molecule has 1 aliphatic heterocycles. The lowest BCUT2D eigenvalue weighted by Crippen LogP contribution is -2.46. The molecule has 10 heteroatoms. The number of thiophene rings is 1. The van der Waals surface area contributed by atoms with E-state index in [0.29, 0.717) is 11.3 Å². The number of halogens is 1. The molecule has 2 aromatic carbocycles. The van der Waals surface area contributed by atoms with Crippen molar-refractivity contribution in [2.45, 2.75) is 31.6 Å². The van der Waals surface area contributed by atoms with E-state index in [2.05, 4.69) is 0 Å². The number of carbonyl (C=O) groups is 3. The van der Waals surface area contributed by atoms with Crippen LogP contribution in [0.25, 0.3) is 0 Å². The number of non-ortho nitro benzene ring substituents is 1. The summed E-state index contributed by atoms with van der Waals surface area (Å²) in [5, 5.41) is 13.3. The van der Waals surface area contributed by atoms with Gasteiger partial charge in [0.1, 0.15) is 11.7 Å². The van der Waals surface area contributed by atoms with Crippen LogP contribution in [0.3, 0.4) is 0 Å². The Hall–Kier alpha value is -4.18. The molecule has 1 aromatic heterocycles. The molecule has 5 rings (SSSR count). The van der Waals surface area contributed by atoms with Gasteiger partial charge in [-0.25, -0.2) is 4.39 Å². The first kappa shape index (κ1) is 25.5. The molecule has 0 saturated carbocycles. The number of rotatable bonds is 6. The average molecular weight is 535 g/mol. The molecule has 2 heterocycles. The maximum Gasteiger partial charge on any atom is 0.317 e. The normalized spacial score (nSPS) is 21.3. The van der Waals surface area contributed by atoms with E-state index in [1.54, 1.807) is 19.1 Å². The molecule has 0 spiro atoms. The van der Waals surface area contributed by atoms with E-state index < -0.39 is 46.2 Å². The highest BCUT2D eigenvalue weighted by molar-refractivity contribution is 7.10. The summed E-state index contributed by atoms with van der Waals surface area (Å²) in [6, 6.07) is 15.2. The minimum absolute atomic E-state index is 0.00908. The number of anilines is 1. The first-order valence-corrected chi connectivity index (χ1v) is 13.0. The van der Waals surface area contributed by atoms with Gasteiger partial charge in [-0.2, -0.15) is 0 Å². The minimum atomic E-state index is -1.16. The largest absolute Gasteiger partial charge is 0.465 e. The monoisotopic (exact) mass is 534 g/mol. The van der Waals surface area contributed by atoms with Gasteiger partial charge in [-0.1, -0.05) is 30.3 Å². The average Bonchev–Trinajstić information content (AvgIpc) is 3.44. The van der Waals surface area contributed by atoms with Gasteiger partial charge in [0.15, 0.2) is 5.78 Å². The molecule has 194 valence electrons. The number of Topliss-reactive ketones (excluding diaryl/α,β-unsaturated/α-hetero) is 1. The van der Waals surface area contributed by atoms with Gasteiger partial charge >= 0.3 is 5.97 Å². The van der Waals surface area contributed by atoms with E-state index >= 15 is 0 Å². The Morgan fingerprint density at radius 2 is 1.92 bits per heavy atom. The van der Waals surface area contributed by atoms with Gasteiger partial charge in [0.2, 0.25) is 5.91 Å². The highest BCUT2D eigenvalue weighted by Crippen LogP contribution is 2.50. The molecule has 1 amide bonds. The number of nitrogens with zero attached hydrogens (tertiary/aromatic N) is 2. The Bertz CT molecular complexity index is 1470. The molecule has 2 aliphatic rings. The summed E-state index contributed by atoms with van der Waals surface area (Å²) in [6.45, 7) is 1.74. The van der Waals surface area contributed by atoms with Crippen molar-refractivity contribution < 1.29 is 28.4 Å². The number of carbonyl (C=O) groups excluding carboxylic acids is 3. The number of nitro benzene ring substituents is 1. The lowest BCUT2D eigenvalue weighted by molar-refractivity contribution is -0.384. The van der Waals surface area contributed by atoms with Crippen LogP contribution in [-0.2, 0) is 19.1 Å². The van der Waals surface area contributed by atoms with Crippen molar-refractivity contribution in [1.29, 1.82) is 0 Å². The van der Waals surface area contributed by atoms with Crippen LogP contribution in [0.15, 0.2) is 77.3 Å². The molecule has 0 radical (unpaired) electrons. The van der Waals surface area contributed by atoms with Crippen molar-refractivity contribution in [2.75, 3.05) is 11.5 Å². The third-order valence-electron chi connectivity index (χ3n) is 6.95. The SMILES string of the molecule is CCOC(=O)[C@H]1C(=O)C2=C(C[C@H]1c1cccs1)N(c1ccccc1F)C(=O)C[C@H]2c1cccc([N+](=O)[O-])c1. The van der Waals surface area contributed by atoms with Crippen molar-refractivity contribution in [1.82, 2.24) is 0 Å². The number of amides is 1. The van der Waals surface area contributed by atoms with Crippen LogP contribution in [0.2, 0.25) is 0 Å². The Morgan fingerprint density at radius 1 is 1.13 bits per heavy atom. The van der Waals surface area contributed by atoms with E-state index in [0.717, 1.165) is 4.88 Å². The quantitative estimate of drug-likeness (QED) is 0.179. The Balaban J connectivity index is 1.74. The number of hydrogen-bond donors (Lipinski definition) is 0. The van der Waals surface area contributed by atoms with Crippen LogP contribution in [-0.4, -0.2) is 29.2 Å². The molecule has 0 bridgehead atoms. The standard InChI is InChI=1S/C28H23FN2O6S/c1-2-37-28(34)26-19(23-11-6-12-38-23)14-22-25(27(26)33)18(16-7-5-8-17(13-16)31(35)36)15-24(32)30(22)21-10-4-3-9-20(21)29/h3-13,18-19,26H,2,14-15H2,1H3/t18-,19-,26+/m0/s1. The summed E-state index contributed by atoms with van der Waals surface area (Å²) in [5.74, 6) is -4.89. The van der Waals surface area contributed by atoms with Gasteiger partial charge < -0.3 is 4.74 Å². The molecular weight excluding hydrogens is 511 g/mol. The molecule has 38 heavy (non-hydrogen) atoms. The van der Waals surface area contributed by atoms with Crippen molar-refractivity contribution >= 4 is 40.4 Å². The molecule has 1 aliphatic carbocycles. The molecule has 3 atom stereocenters. The summed E-state index contributed by atoms with van der Waals surface area (Å²) in [5.41, 5.74) is 0.704. The number of ketones is 1. The smallest absolute Gasteiger partial charge is 0.317 e. The lowest BCUT2D eigenvalue weighted by Gasteiger charge is -2.42. The van der Waals surface area contributed by atoms with E-state index in [-0.39, 0.29) is 36.4 Å². The number of esters is 1. The number of para-hydroxylation sites is 1. The van der Waals surface area contributed by atoms with Gasteiger partial charge in [-0.3, -0.25) is 29.4 Å². The summed E-state index contributed by atoms with van der Waals surface area (Å²) >= 11 is 1.38. The predicted molar refractivity (Wildman–Crippen MR) is 138 cm³/mol. The van der Waals surface area contributed by atoms with Gasteiger partial charge in [-0.15, -0.1) is 11.3 Å². The van der Waals surface area contributed by atoms with E-state index in [9.17, 15) is 28.9 Å². The fourth-order valence-corrected chi connectivity index (χ4v) is 6.22. The highest BCUT2D eigenvalue weighted by Gasteiger charge is 2.50. The molecule has 3 aromatic rings. The molecular formula is C28H23FN2O6S. The number of allylic oxidation sites excluding steroid dienone is 2. The number of nitro groups is 1. The van der Waals surface area contributed by atoms with Crippen molar-refractivity contribution in [3.63, 3.8) is 0 Å². The first-order valence-electron chi connectivity index (χ1n) is 12.1. The summed E-state index contributed by atoms with van der Waals surface area (Å²) in [6.07, 6.45) is -0.115. The Labute approximate surface area is 221 Å². The van der Waals surface area contributed by atoms with Gasteiger partial charge in [-0.05, 0) is 42.5 Å².